The molecule has 0 spiro atoms. The van der Waals surface area contributed by atoms with Gasteiger partial charge < -0.3 is 10.5 Å². The number of hydrogen-bond donors (Lipinski definition) is 1. The fourth-order valence-electron chi connectivity index (χ4n) is 2.33. The van der Waals surface area contributed by atoms with Gasteiger partial charge in [-0.15, -0.1) is 0 Å². The zero-order chi connectivity index (χ0) is 12.3. The van der Waals surface area contributed by atoms with Crippen molar-refractivity contribution in [3.63, 3.8) is 0 Å². The van der Waals surface area contributed by atoms with Crippen molar-refractivity contribution in [2.45, 2.75) is 32.4 Å². The van der Waals surface area contributed by atoms with Crippen LogP contribution in [0.4, 0.5) is 0 Å². The first-order valence-corrected chi connectivity index (χ1v) is 6.30. The van der Waals surface area contributed by atoms with Crippen molar-refractivity contribution >= 4 is 0 Å². The molecular formula is C14H22N2O. The monoisotopic (exact) mass is 234 g/mol. The molecule has 1 aromatic rings. The summed E-state index contributed by atoms with van der Waals surface area (Å²) in [5, 5.41) is 0. The fourth-order valence-corrected chi connectivity index (χ4v) is 2.33. The van der Waals surface area contributed by atoms with Crippen molar-refractivity contribution in [2.24, 2.45) is 5.73 Å². The Morgan fingerprint density at radius 2 is 2.06 bits per heavy atom. The van der Waals surface area contributed by atoms with Crippen LogP contribution in [0.15, 0.2) is 18.2 Å². The Hall–Kier alpha value is -1.06. The number of aryl methyl sites for hydroxylation is 1. The van der Waals surface area contributed by atoms with E-state index in [1.165, 1.54) is 11.1 Å². The molecule has 94 valence electrons. The van der Waals surface area contributed by atoms with Crippen molar-refractivity contribution < 1.29 is 4.74 Å². The highest BCUT2D eigenvalue weighted by Gasteiger charge is 2.16. The van der Waals surface area contributed by atoms with Crippen LogP contribution in [0.1, 0.15) is 24.0 Å². The number of ether oxygens (including phenoxy) is 1. The first-order valence-electron chi connectivity index (χ1n) is 6.30. The lowest BCUT2D eigenvalue weighted by Crippen LogP contribution is -2.39. The topological polar surface area (TPSA) is 38.5 Å². The van der Waals surface area contributed by atoms with Crippen LogP contribution in [0, 0.1) is 6.92 Å². The van der Waals surface area contributed by atoms with Gasteiger partial charge in [-0.3, -0.25) is 4.90 Å². The van der Waals surface area contributed by atoms with Crippen molar-refractivity contribution in [1.82, 2.24) is 4.90 Å². The van der Waals surface area contributed by atoms with Crippen LogP contribution in [0.3, 0.4) is 0 Å². The maximum atomic E-state index is 5.91. The van der Waals surface area contributed by atoms with E-state index in [-0.39, 0.29) is 0 Å². The molecule has 0 bridgehead atoms. The summed E-state index contributed by atoms with van der Waals surface area (Å²) in [7, 11) is 1.73. The third-order valence-corrected chi connectivity index (χ3v) is 3.51. The van der Waals surface area contributed by atoms with Gasteiger partial charge in [-0.2, -0.15) is 0 Å². The summed E-state index contributed by atoms with van der Waals surface area (Å²) in [6, 6.07) is 6.86. The normalized spacial score (nSPS) is 18.3. The summed E-state index contributed by atoms with van der Waals surface area (Å²) in [6.45, 7) is 5.29. The van der Waals surface area contributed by atoms with E-state index in [0.29, 0.717) is 6.04 Å². The molecule has 0 saturated carbocycles. The van der Waals surface area contributed by atoms with Crippen LogP contribution < -0.4 is 10.5 Å². The summed E-state index contributed by atoms with van der Waals surface area (Å²) in [6.07, 6.45) is 2.23. The largest absolute Gasteiger partial charge is 0.496 e. The molecule has 3 nitrogen and oxygen atoms in total. The second-order valence-electron chi connectivity index (χ2n) is 4.92. The van der Waals surface area contributed by atoms with E-state index in [1.807, 2.05) is 0 Å². The highest BCUT2D eigenvalue weighted by molar-refractivity contribution is 5.36. The third kappa shape index (κ3) is 3.20. The van der Waals surface area contributed by atoms with Crippen molar-refractivity contribution in [2.75, 3.05) is 20.2 Å². The predicted octanol–water partition coefficient (Wildman–Crippen LogP) is 1.93. The van der Waals surface area contributed by atoms with Gasteiger partial charge in [0.1, 0.15) is 5.75 Å². The maximum Gasteiger partial charge on any atom is 0.122 e. The van der Waals surface area contributed by atoms with Crippen LogP contribution in [0.5, 0.6) is 5.75 Å². The zero-order valence-electron chi connectivity index (χ0n) is 10.8. The number of rotatable bonds is 3. The first kappa shape index (κ1) is 12.4. The van der Waals surface area contributed by atoms with Gasteiger partial charge in [0.15, 0.2) is 0 Å². The SMILES string of the molecule is COc1cc(CN2CCC(N)CC2)ccc1C. The Morgan fingerprint density at radius 1 is 1.35 bits per heavy atom. The minimum atomic E-state index is 0.402. The molecule has 0 unspecified atom stereocenters. The van der Waals surface area contributed by atoms with Crippen molar-refractivity contribution in [3.8, 4) is 5.75 Å². The molecule has 1 heterocycles. The summed E-state index contributed by atoms with van der Waals surface area (Å²) in [5.74, 6) is 0.983. The average molecular weight is 234 g/mol. The molecule has 1 saturated heterocycles. The number of piperidine rings is 1. The Labute approximate surface area is 104 Å². The molecule has 0 amide bonds. The lowest BCUT2D eigenvalue weighted by atomic mass is 10.0. The minimum absolute atomic E-state index is 0.402. The molecule has 1 aliphatic heterocycles. The van der Waals surface area contributed by atoms with Gasteiger partial charge in [0.25, 0.3) is 0 Å². The number of hydrogen-bond acceptors (Lipinski definition) is 3. The van der Waals surface area contributed by atoms with Gasteiger partial charge in [0.05, 0.1) is 7.11 Å². The van der Waals surface area contributed by atoms with Crippen molar-refractivity contribution in [3.05, 3.63) is 29.3 Å². The molecule has 17 heavy (non-hydrogen) atoms. The van der Waals surface area contributed by atoms with E-state index < -0.39 is 0 Å². The molecule has 0 radical (unpaired) electrons. The highest BCUT2D eigenvalue weighted by atomic mass is 16.5. The van der Waals surface area contributed by atoms with E-state index >= 15 is 0 Å². The number of likely N-dealkylation sites (tertiary alicyclic amines) is 1. The Balaban J connectivity index is 1.99. The summed E-state index contributed by atoms with van der Waals surface area (Å²) in [4.78, 5) is 2.47. The highest BCUT2D eigenvalue weighted by Crippen LogP contribution is 2.21. The quantitative estimate of drug-likeness (QED) is 0.868. The number of benzene rings is 1. The Bertz CT molecular complexity index is 370. The van der Waals surface area contributed by atoms with Crippen LogP contribution in [0.25, 0.3) is 0 Å². The molecule has 2 N–H and O–H groups in total. The van der Waals surface area contributed by atoms with Crippen LogP contribution in [0.2, 0.25) is 0 Å². The minimum Gasteiger partial charge on any atom is -0.496 e. The van der Waals surface area contributed by atoms with Gasteiger partial charge in [-0.05, 0) is 50.0 Å². The van der Waals surface area contributed by atoms with E-state index in [0.717, 1.165) is 38.2 Å². The molecule has 1 fully saturated rings. The summed E-state index contributed by atoms with van der Waals surface area (Å²) in [5.41, 5.74) is 8.42. The Morgan fingerprint density at radius 3 is 2.71 bits per heavy atom. The Kier molecular flexibility index (Phi) is 4.02. The number of methoxy groups -OCH3 is 1. The van der Waals surface area contributed by atoms with Gasteiger partial charge in [0, 0.05) is 12.6 Å². The second-order valence-corrected chi connectivity index (χ2v) is 4.92. The molecular weight excluding hydrogens is 212 g/mol. The van der Waals surface area contributed by atoms with E-state index in [1.54, 1.807) is 7.11 Å². The van der Waals surface area contributed by atoms with Gasteiger partial charge >= 0.3 is 0 Å². The van der Waals surface area contributed by atoms with Gasteiger partial charge in [0.2, 0.25) is 0 Å². The molecule has 1 aliphatic rings. The van der Waals surface area contributed by atoms with Crippen LogP contribution in [-0.4, -0.2) is 31.1 Å². The molecule has 0 aromatic heterocycles. The smallest absolute Gasteiger partial charge is 0.122 e. The van der Waals surface area contributed by atoms with Crippen LogP contribution in [-0.2, 0) is 6.54 Å². The van der Waals surface area contributed by atoms with E-state index in [9.17, 15) is 0 Å². The lowest BCUT2D eigenvalue weighted by molar-refractivity contribution is 0.205. The molecule has 3 heteroatoms. The fraction of sp³-hybridized carbons (Fsp3) is 0.571. The average Bonchev–Trinajstić information content (AvgIpc) is 2.34. The second kappa shape index (κ2) is 5.52. The molecule has 0 aliphatic carbocycles. The van der Waals surface area contributed by atoms with Crippen molar-refractivity contribution in [1.29, 1.82) is 0 Å². The molecule has 0 atom stereocenters. The first-order chi connectivity index (χ1) is 8.19. The third-order valence-electron chi connectivity index (χ3n) is 3.51. The van der Waals surface area contributed by atoms with Crippen LogP contribution >= 0.6 is 0 Å². The standard InChI is InChI=1S/C14H22N2O/c1-11-3-4-12(9-14(11)17-2)10-16-7-5-13(15)6-8-16/h3-4,9,13H,5-8,10,15H2,1-2H3. The predicted molar refractivity (Wildman–Crippen MR) is 70.2 cm³/mol. The van der Waals surface area contributed by atoms with Gasteiger partial charge in [-0.25, -0.2) is 0 Å². The molecule has 2 rings (SSSR count). The summed E-state index contributed by atoms with van der Waals surface area (Å²) >= 11 is 0. The maximum absolute atomic E-state index is 5.91. The van der Waals surface area contributed by atoms with E-state index in [4.69, 9.17) is 10.5 Å². The summed E-state index contributed by atoms with van der Waals surface area (Å²) < 4.78 is 5.35. The van der Waals surface area contributed by atoms with E-state index in [2.05, 4.69) is 30.0 Å². The van der Waals surface area contributed by atoms with Gasteiger partial charge in [-0.1, -0.05) is 12.1 Å². The number of nitrogens with zero attached hydrogens (tertiary/aromatic N) is 1. The zero-order valence-corrected chi connectivity index (χ0v) is 10.8. The lowest BCUT2D eigenvalue weighted by Gasteiger charge is -2.30. The number of nitrogens with two attached hydrogens (primary N) is 1. The molecule has 1 aromatic carbocycles.